The number of nitrogens with one attached hydrogen (secondary N) is 1. The van der Waals surface area contributed by atoms with E-state index < -0.39 is 5.76 Å². The van der Waals surface area contributed by atoms with Crippen LogP contribution in [0.15, 0.2) is 73.5 Å². The van der Waals surface area contributed by atoms with Crippen LogP contribution in [0, 0.1) is 0 Å². The zero-order valence-corrected chi connectivity index (χ0v) is 19.8. The smallest absolute Gasteiger partial charge is 0.296 e. The second-order valence-electron chi connectivity index (χ2n) is 8.75. The highest BCUT2D eigenvalue weighted by Gasteiger charge is 2.29. The largest absolute Gasteiger partial charge is 0.439 e. The van der Waals surface area contributed by atoms with Crippen LogP contribution in [0.5, 0.6) is 0 Å². The number of aromatic nitrogens is 4. The molecule has 1 N–H and O–H groups in total. The maximum Gasteiger partial charge on any atom is 0.439 e. The van der Waals surface area contributed by atoms with E-state index in [-0.39, 0.29) is 17.3 Å². The Labute approximate surface area is 203 Å². The van der Waals surface area contributed by atoms with Gasteiger partial charge >= 0.3 is 11.4 Å². The Morgan fingerprint density at radius 2 is 1.80 bits per heavy atom. The topological polar surface area (TPSA) is 103 Å². The van der Waals surface area contributed by atoms with Crippen molar-refractivity contribution in [1.29, 1.82) is 0 Å². The number of aromatic amines is 1. The van der Waals surface area contributed by atoms with Crippen molar-refractivity contribution in [3.8, 4) is 22.5 Å². The van der Waals surface area contributed by atoms with Gasteiger partial charge in [-0.1, -0.05) is 60.6 Å². The molecule has 1 aliphatic rings. The van der Waals surface area contributed by atoms with Crippen LogP contribution in [0.4, 0.5) is 0 Å². The molecular weight excluding hydrogens is 464 g/mol. The number of thiophene rings is 1. The molecule has 5 aromatic rings. The molecule has 1 aliphatic carbocycles. The molecule has 9 heteroatoms. The van der Waals surface area contributed by atoms with Crippen molar-refractivity contribution >= 4 is 21.6 Å². The van der Waals surface area contributed by atoms with Gasteiger partial charge in [-0.15, -0.1) is 11.3 Å². The van der Waals surface area contributed by atoms with Gasteiger partial charge in [0, 0.05) is 16.5 Å². The van der Waals surface area contributed by atoms with Crippen molar-refractivity contribution in [2.24, 2.45) is 0 Å². The first-order valence-electron chi connectivity index (χ1n) is 11.6. The lowest BCUT2D eigenvalue weighted by molar-refractivity contribution is 0.388. The molecule has 3 heterocycles. The lowest BCUT2D eigenvalue weighted by Gasteiger charge is -2.12. The molecule has 2 aromatic carbocycles. The van der Waals surface area contributed by atoms with Gasteiger partial charge in [0.15, 0.2) is 5.82 Å². The summed E-state index contributed by atoms with van der Waals surface area (Å²) in [5.41, 5.74) is 3.15. The second kappa shape index (κ2) is 8.35. The quantitative estimate of drug-likeness (QED) is 0.388. The van der Waals surface area contributed by atoms with Crippen molar-refractivity contribution in [3.05, 3.63) is 96.4 Å². The van der Waals surface area contributed by atoms with Crippen LogP contribution in [-0.4, -0.2) is 19.3 Å². The fourth-order valence-electron chi connectivity index (χ4n) is 4.45. The first-order valence-corrected chi connectivity index (χ1v) is 12.4. The third kappa shape index (κ3) is 3.77. The first-order chi connectivity index (χ1) is 17.0. The van der Waals surface area contributed by atoms with E-state index in [4.69, 9.17) is 0 Å². The Morgan fingerprint density at radius 3 is 2.46 bits per heavy atom. The normalized spacial score (nSPS) is 13.5. The SMILES string of the molecule is CCc1cc2c(=O)n(C3CC3)c(=O)n(Cc3ccc(-c4ccccc4-c4noc(=O)[nH]4)cc3)c2s1. The predicted octanol–water partition coefficient (Wildman–Crippen LogP) is 4.18. The minimum Gasteiger partial charge on any atom is -0.296 e. The summed E-state index contributed by atoms with van der Waals surface area (Å²) >= 11 is 1.52. The van der Waals surface area contributed by atoms with E-state index in [1.165, 1.54) is 15.9 Å². The maximum absolute atomic E-state index is 13.4. The molecular formula is C26H22N4O4S. The summed E-state index contributed by atoms with van der Waals surface area (Å²) in [6.45, 7) is 2.43. The van der Waals surface area contributed by atoms with Crippen LogP contribution in [0.1, 0.15) is 36.2 Å². The summed E-state index contributed by atoms with van der Waals surface area (Å²) in [6.07, 6.45) is 2.56. The highest BCUT2D eigenvalue weighted by atomic mass is 32.1. The van der Waals surface area contributed by atoms with E-state index in [0.29, 0.717) is 17.8 Å². The number of fused-ring (bicyclic) bond motifs is 1. The van der Waals surface area contributed by atoms with Gasteiger partial charge in [-0.25, -0.2) is 9.59 Å². The number of hydrogen-bond acceptors (Lipinski definition) is 6. The van der Waals surface area contributed by atoms with Gasteiger partial charge < -0.3 is 0 Å². The van der Waals surface area contributed by atoms with Gasteiger partial charge in [0.2, 0.25) is 0 Å². The van der Waals surface area contributed by atoms with Gasteiger partial charge in [0.05, 0.1) is 11.9 Å². The van der Waals surface area contributed by atoms with Gasteiger partial charge in [-0.3, -0.25) is 23.4 Å². The minimum atomic E-state index is -0.603. The molecule has 0 amide bonds. The molecule has 8 nitrogen and oxygen atoms in total. The molecule has 0 spiro atoms. The Balaban J connectivity index is 1.40. The summed E-state index contributed by atoms with van der Waals surface area (Å²) in [6, 6.07) is 17.5. The summed E-state index contributed by atoms with van der Waals surface area (Å²) in [7, 11) is 0. The molecule has 0 radical (unpaired) electrons. The zero-order chi connectivity index (χ0) is 24.1. The van der Waals surface area contributed by atoms with Crippen LogP contribution in [-0.2, 0) is 13.0 Å². The Hall–Kier alpha value is -3.98. The third-order valence-corrected chi connectivity index (χ3v) is 7.69. The number of hydrogen-bond donors (Lipinski definition) is 1. The molecule has 0 atom stereocenters. The highest BCUT2D eigenvalue weighted by molar-refractivity contribution is 7.18. The Morgan fingerprint density at radius 1 is 1.06 bits per heavy atom. The molecule has 3 aromatic heterocycles. The summed E-state index contributed by atoms with van der Waals surface area (Å²) in [4.78, 5) is 42.3. The van der Waals surface area contributed by atoms with E-state index >= 15 is 0 Å². The average Bonchev–Trinajstić information content (AvgIpc) is 3.45. The molecule has 6 rings (SSSR count). The van der Waals surface area contributed by atoms with Gasteiger partial charge in [0.1, 0.15) is 4.83 Å². The number of H-pyrrole nitrogens is 1. The Kier molecular flexibility index (Phi) is 5.14. The second-order valence-corrected chi connectivity index (χ2v) is 9.86. The maximum atomic E-state index is 13.4. The molecule has 1 fully saturated rings. The van der Waals surface area contributed by atoms with Crippen LogP contribution in [0.25, 0.3) is 32.7 Å². The minimum absolute atomic E-state index is 0.0116. The highest BCUT2D eigenvalue weighted by Crippen LogP contribution is 2.34. The lowest BCUT2D eigenvalue weighted by atomic mass is 9.98. The fraction of sp³-hybridized carbons (Fsp3) is 0.231. The van der Waals surface area contributed by atoms with Crippen LogP contribution >= 0.6 is 11.3 Å². The summed E-state index contributed by atoms with van der Waals surface area (Å²) in [5, 5.41) is 4.45. The van der Waals surface area contributed by atoms with Crippen LogP contribution in [0.2, 0.25) is 0 Å². The van der Waals surface area contributed by atoms with Gasteiger partial charge in [-0.2, -0.15) is 0 Å². The number of rotatable bonds is 6. The standard InChI is InChI=1S/C26H22N4O4S/c1-2-18-13-21-23(31)30(17-11-12-17)26(33)29(24(21)35-18)14-15-7-9-16(10-8-15)19-5-3-4-6-20(19)22-27-25(32)34-28-22/h3-10,13,17H,2,11-12,14H2,1H3,(H,27,28,32). The lowest BCUT2D eigenvalue weighted by Crippen LogP contribution is -2.39. The van der Waals surface area contributed by atoms with Crippen molar-refractivity contribution in [1.82, 2.24) is 19.3 Å². The Bertz CT molecular complexity index is 1730. The summed E-state index contributed by atoms with van der Waals surface area (Å²) in [5.74, 6) is -0.232. The molecule has 1 saturated carbocycles. The van der Waals surface area contributed by atoms with E-state index in [9.17, 15) is 14.4 Å². The van der Waals surface area contributed by atoms with E-state index in [1.54, 1.807) is 4.57 Å². The number of aryl methyl sites for hydroxylation is 1. The van der Waals surface area contributed by atoms with Crippen molar-refractivity contribution in [2.75, 3.05) is 0 Å². The van der Waals surface area contributed by atoms with Gasteiger partial charge in [-0.05, 0) is 42.0 Å². The number of benzene rings is 2. The average molecular weight is 487 g/mol. The van der Waals surface area contributed by atoms with E-state index in [0.717, 1.165) is 51.2 Å². The molecule has 176 valence electrons. The first kappa shape index (κ1) is 21.5. The fourth-order valence-corrected chi connectivity index (χ4v) is 5.53. The molecule has 35 heavy (non-hydrogen) atoms. The van der Waals surface area contributed by atoms with E-state index in [1.807, 2.05) is 54.6 Å². The summed E-state index contributed by atoms with van der Waals surface area (Å²) < 4.78 is 7.85. The molecule has 0 saturated heterocycles. The van der Waals surface area contributed by atoms with Crippen molar-refractivity contribution in [3.63, 3.8) is 0 Å². The third-order valence-electron chi connectivity index (χ3n) is 6.38. The van der Waals surface area contributed by atoms with Gasteiger partial charge in [0.25, 0.3) is 5.56 Å². The zero-order valence-electron chi connectivity index (χ0n) is 19.0. The van der Waals surface area contributed by atoms with Crippen molar-refractivity contribution in [2.45, 2.75) is 38.8 Å². The molecule has 0 aliphatic heterocycles. The van der Waals surface area contributed by atoms with Crippen LogP contribution < -0.4 is 17.0 Å². The number of nitrogens with zero attached hydrogens (tertiary/aromatic N) is 3. The van der Waals surface area contributed by atoms with Crippen molar-refractivity contribution < 1.29 is 4.52 Å². The predicted molar refractivity (Wildman–Crippen MR) is 135 cm³/mol. The molecule has 0 unspecified atom stereocenters. The van der Waals surface area contributed by atoms with Crippen LogP contribution in [0.3, 0.4) is 0 Å². The van der Waals surface area contributed by atoms with E-state index in [2.05, 4.69) is 21.6 Å². The monoisotopic (exact) mass is 486 g/mol. The molecule has 0 bridgehead atoms.